The van der Waals surface area contributed by atoms with E-state index in [1.165, 1.54) is 22.3 Å². The van der Waals surface area contributed by atoms with Gasteiger partial charge in [0, 0.05) is 6.54 Å². The zero-order chi connectivity index (χ0) is 23.9. The van der Waals surface area contributed by atoms with Gasteiger partial charge in [-0.3, -0.25) is 4.90 Å². The lowest BCUT2D eigenvalue weighted by molar-refractivity contribution is -0.0353. The Morgan fingerprint density at radius 2 is 1.76 bits per heavy atom. The maximum Gasteiger partial charge on any atom is 0.407 e. The first-order valence-electron chi connectivity index (χ1n) is 12.9. The first-order chi connectivity index (χ1) is 16.3. The van der Waals surface area contributed by atoms with Gasteiger partial charge in [0.25, 0.3) is 0 Å². The Labute approximate surface area is 203 Å². The van der Waals surface area contributed by atoms with Crippen LogP contribution in [-0.4, -0.2) is 42.8 Å². The molecule has 1 amide bonds. The van der Waals surface area contributed by atoms with Gasteiger partial charge in [-0.05, 0) is 98.3 Å². The van der Waals surface area contributed by atoms with Crippen molar-refractivity contribution in [3.8, 4) is 16.9 Å². The number of benzene rings is 2. The highest BCUT2D eigenvalue weighted by Gasteiger charge is 2.40. The molecule has 182 valence electrons. The van der Waals surface area contributed by atoms with Gasteiger partial charge in [-0.2, -0.15) is 0 Å². The highest BCUT2D eigenvalue weighted by atomic mass is 16.6. The van der Waals surface area contributed by atoms with E-state index in [2.05, 4.69) is 54.4 Å². The summed E-state index contributed by atoms with van der Waals surface area (Å²) in [6.45, 7) is 11.7. The van der Waals surface area contributed by atoms with E-state index in [-0.39, 0.29) is 29.8 Å². The number of carbonyl (C=O) groups excluding carboxylic acids is 1. The van der Waals surface area contributed by atoms with Crippen LogP contribution in [-0.2, 0) is 11.2 Å². The van der Waals surface area contributed by atoms with Gasteiger partial charge in [-0.1, -0.05) is 44.2 Å². The number of alkyl carbamates (subject to hydrolysis) is 1. The second kappa shape index (κ2) is 9.26. The summed E-state index contributed by atoms with van der Waals surface area (Å²) in [4.78, 5) is 15.4. The van der Waals surface area contributed by atoms with Gasteiger partial charge >= 0.3 is 6.09 Å². The van der Waals surface area contributed by atoms with E-state index < -0.39 is 0 Å². The first-order valence-corrected chi connectivity index (χ1v) is 12.9. The number of nitrogens with zero attached hydrogens (tertiary/aromatic N) is 1. The van der Waals surface area contributed by atoms with E-state index in [1.54, 1.807) is 0 Å². The van der Waals surface area contributed by atoms with Crippen molar-refractivity contribution >= 4 is 6.09 Å². The summed E-state index contributed by atoms with van der Waals surface area (Å²) in [7, 11) is 0. The number of carbonyl (C=O) groups is 1. The van der Waals surface area contributed by atoms with Crippen molar-refractivity contribution in [3.63, 3.8) is 0 Å². The van der Waals surface area contributed by atoms with Gasteiger partial charge in [0.05, 0.1) is 12.1 Å². The summed E-state index contributed by atoms with van der Waals surface area (Å²) < 4.78 is 11.7. The molecule has 3 saturated heterocycles. The number of ether oxygens (including phenoxy) is 2. The summed E-state index contributed by atoms with van der Waals surface area (Å²) in [5.74, 6) is 1.41. The van der Waals surface area contributed by atoms with Crippen LogP contribution in [0.25, 0.3) is 11.1 Å². The standard InChI is InChI=1S/C29H38N2O3/c1-19(2)33-24-8-5-20(6-9-24)22-7-10-25-23(17-22)11-14-29(3,4)27(25)30-28(32)34-26-18-31-15-12-21(26)13-16-31/h5-10,17,19,21,26-27H,11-16,18H2,1-4H3,(H,30,32)/t26-,27-/m0/s1. The molecule has 0 unspecified atom stereocenters. The van der Waals surface area contributed by atoms with Gasteiger partial charge in [-0.15, -0.1) is 0 Å². The van der Waals surface area contributed by atoms with Crippen molar-refractivity contribution in [2.24, 2.45) is 11.3 Å². The number of hydrogen-bond donors (Lipinski definition) is 1. The van der Waals surface area contributed by atoms with Crippen LogP contribution in [0, 0.1) is 11.3 Å². The molecule has 5 nitrogen and oxygen atoms in total. The molecular formula is C29H38N2O3. The summed E-state index contributed by atoms with van der Waals surface area (Å²) in [5.41, 5.74) is 4.87. The van der Waals surface area contributed by atoms with Gasteiger partial charge in [-0.25, -0.2) is 4.79 Å². The average molecular weight is 463 g/mol. The molecule has 3 fully saturated rings. The average Bonchev–Trinajstić information content (AvgIpc) is 2.82. The number of aryl methyl sites for hydroxylation is 1. The minimum atomic E-state index is -0.269. The lowest BCUT2D eigenvalue weighted by atomic mass is 9.70. The second-order valence-corrected chi connectivity index (χ2v) is 11.3. The number of rotatable bonds is 5. The van der Waals surface area contributed by atoms with E-state index in [0.717, 1.165) is 51.1 Å². The van der Waals surface area contributed by atoms with Crippen molar-refractivity contribution in [1.82, 2.24) is 10.2 Å². The molecule has 6 rings (SSSR count). The Bertz CT molecular complexity index is 1020. The molecule has 3 aliphatic heterocycles. The van der Waals surface area contributed by atoms with Crippen LogP contribution < -0.4 is 10.1 Å². The van der Waals surface area contributed by atoms with Crippen molar-refractivity contribution in [2.75, 3.05) is 19.6 Å². The van der Waals surface area contributed by atoms with Crippen molar-refractivity contribution < 1.29 is 14.3 Å². The SMILES string of the molecule is CC(C)Oc1ccc(-c2ccc3c(c2)CCC(C)(C)[C@H]3NC(=O)O[C@H]2CN3CCC2CC3)cc1. The lowest BCUT2D eigenvalue weighted by Gasteiger charge is -2.44. The zero-order valence-corrected chi connectivity index (χ0v) is 21.0. The fourth-order valence-electron chi connectivity index (χ4n) is 5.91. The summed E-state index contributed by atoms with van der Waals surface area (Å²) >= 11 is 0. The van der Waals surface area contributed by atoms with Crippen LogP contribution in [0.2, 0.25) is 0 Å². The van der Waals surface area contributed by atoms with E-state index in [9.17, 15) is 4.79 Å². The van der Waals surface area contributed by atoms with E-state index in [1.807, 2.05) is 26.0 Å². The Morgan fingerprint density at radius 1 is 1.06 bits per heavy atom. The predicted octanol–water partition coefficient (Wildman–Crippen LogP) is 5.97. The molecule has 0 radical (unpaired) electrons. The molecule has 2 aromatic carbocycles. The van der Waals surface area contributed by atoms with Crippen LogP contribution >= 0.6 is 0 Å². The molecule has 1 N–H and O–H groups in total. The Hall–Kier alpha value is -2.53. The molecule has 2 aromatic rings. The number of nitrogens with one attached hydrogen (secondary N) is 1. The number of hydrogen-bond acceptors (Lipinski definition) is 4. The Kier molecular flexibility index (Phi) is 6.32. The van der Waals surface area contributed by atoms with Crippen molar-refractivity contribution in [1.29, 1.82) is 0 Å². The Morgan fingerprint density at radius 3 is 2.41 bits per heavy atom. The summed E-state index contributed by atoms with van der Waals surface area (Å²) in [6.07, 6.45) is 4.24. The van der Waals surface area contributed by atoms with Crippen LogP contribution in [0.3, 0.4) is 0 Å². The normalized spacial score (nSPS) is 27.2. The monoisotopic (exact) mass is 462 g/mol. The van der Waals surface area contributed by atoms with Gasteiger partial charge in [0.1, 0.15) is 11.9 Å². The molecule has 1 aliphatic carbocycles. The van der Waals surface area contributed by atoms with Crippen molar-refractivity contribution in [2.45, 2.75) is 71.6 Å². The second-order valence-electron chi connectivity index (χ2n) is 11.3. The highest BCUT2D eigenvalue weighted by Crippen LogP contribution is 2.44. The minimum absolute atomic E-state index is 0.0266. The van der Waals surface area contributed by atoms with Crippen LogP contribution in [0.5, 0.6) is 5.75 Å². The number of amides is 1. The van der Waals surface area contributed by atoms with Crippen molar-refractivity contribution in [3.05, 3.63) is 53.6 Å². The predicted molar refractivity (Wildman–Crippen MR) is 135 cm³/mol. The quantitative estimate of drug-likeness (QED) is 0.594. The van der Waals surface area contributed by atoms with E-state index >= 15 is 0 Å². The van der Waals surface area contributed by atoms with Gasteiger partial charge < -0.3 is 14.8 Å². The molecule has 2 bridgehead atoms. The third kappa shape index (κ3) is 4.81. The zero-order valence-electron chi connectivity index (χ0n) is 21.0. The smallest absolute Gasteiger partial charge is 0.407 e. The largest absolute Gasteiger partial charge is 0.491 e. The number of fused-ring (bicyclic) bond motifs is 4. The maximum atomic E-state index is 13.0. The fraction of sp³-hybridized carbons (Fsp3) is 0.552. The maximum absolute atomic E-state index is 13.0. The van der Waals surface area contributed by atoms with Gasteiger partial charge in [0.15, 0.2) is 0 Å². The van der Waals surface area contributed by atoms with Gasteiger partial charge in [0.2, 0.25) is 0 Å². The third-order valence-electron chi connectivity index (χ3n) is 7.95. The number of piperidine rings is 3. The minimum Gasteiger partial charge on any atom is -0.491 e. The van der Waals surface area contributed by atoms with E-state index in [0.29, 0.717) is 5.92 Å². The van der Waals surface area contributed by atoms with Crippen LogP contribution in [0.1, 0.15) is 64.1 Å². The summed E-state index contributed by atoms with van der Waals surface area (Å²) in [6, 6.07) is 14.9. The molecule has 4 aliphatic rings. The molecule has 34 heavy (non-hydrogen) atoms. The molecular weight excluding hydrogens is 424 g/mol. The molecule has 2 atom stereocenters. The van der Waals surface area contributed by atoms with Crippen LogP contribution in [0.4, 0.5) is 4.79 Å². The molecule has 0 saturated carbocycles. The van der Waals surface area contributed by atoms with Crippen LogP contribution in [0.15, 0.2) is 42.5 Å². The topological polar surface area (TPSA) is 50.8 Å². The fourth-order valence-corrected chi connectivity index (χ4v) is 5.91. The highest BCUT2D eigenvalue weighted by molar-refractivity contribution is 5.70. The third-order valence-corrected chi connectivity index (χ3v) is 7.95. The molecule has 0 spiro atoms. The summed E-state index contributed by atoms with van der Waals surface area (Å²) in [5, 5.41) is 3.26. The van der Waals surface area contributed by atoms with E-state index in [4.69, 9.17) is 9.47 Å². The first kappa shape index (κ1) is 23.2. The molecule has 3 heterocycles. The Balaban J connectivity index is 1.32. The lowest BCUT2D eigenvalue weighted by Crippen LogP contribution is -2.53. The molecule has 5 heteroatoms. The molecule has 0 aromatic heterocycles.